The molecule has 19 heavy (non-hydrogen) atoms. The number of nitrogen functional groups attached to an aromatic ring is 1. The second-order valence-electron chi connectivity index (χ2n) is 4.21. The predicted octanol–water partition coefficient (Wildman–Crippen LogP) is 1.49. The number of methoxy groups -OCH3 is 1. The number of carbonyl (C=O) groups is 1. The Balaban J connectivity index is 2.97. The summed E-state index contributed by atoms with van der Waals surface area (Å²) in [5.74, 6) is -0.0773. The van der Waals surface area contributed by atoms with Gasteiger partial charge < -0.3 is 20.7 Å². The first-order valence-corrected chi connectivity index (χ1v) is 6.55. The Morgan fingerprint density at radius 3 is 2.74 bits per heavy atom. The second kappa shape index (κ2) is 7.63. The third-order valence-electron chi connectivity index (χ3n) is 2.92. The van der Waals surface area contributed by atoms with Crippen molar-refractivity contribution in [2.45, 2.75) is 13.8 Å². The Labute approximate surface area is 114 Å². The van der Waals surface area contributed by atoms with Gasteiger partial charge in [0.25, 0.3) is 5.91 Å². The van der Waals surface area contributed by atoms with Crippen molar-refractivity contribution in [2.24, 2.45) is 0 Å². The van der Waals surface area contributed by atoms with Gasteiger partial charge in [-0.1, -0.05) is 0 Å². The van der Waals surface area contributed by atoms with Crippen LogP contribution in [0.15, 0.2) is 18.2 Å². The number of carbonyl (C=O) groups excluding carboxylic acids is 1. The SMILES string of the molecule is CCNC(=O)c1ccc(N)c(N(CC)CCOC)c1. The van der Waals surface area contributed by atoms with Crippen LogP contribution >= 0.6 is 0 Å². The molecule has 0 aliphatic rings. The molecule has 0 radical (unpaired) electrons. The van der Waals surface area contributed by atoms with Crippen LogP contribution in [0.5, 0.6) is 0 Å². The van der Waals surface area contributed by atoms with Crippen molar-refractivity contribution < 1.29 is 9.53 Å². The summed E-state index contributed by atoms with van der Waals surface area (Å²) in [6.45, 7) is 6.74. The largest absolute Gasteiger partial charge is 0.397 e. The van der Waals surface area contributed by atoms with Crippen molar-refractivity contribution >= 4 is 17.3 Å². The molecule has 0 unspecified atom stereocenters. The van der Waals surface area contributed by atoms with E-state index in [1.54, 1.807) is 19.2 Å². The third kappa shape index (κ3) is 4.13. The molecule has 0 fully saturated rings. The van der Waals surface area contributed by atoms with Crippen LogP contribution in [0.25, 0.3) is 0 Å². The summed E-state index contributed by atoms with van der Waals surface area (Å²) in [6, 6.07) is 5.35. The fourth-order valence-electron chi connectivity index (χ4n) is 1.87. The van der Waals surface area contributed by atoms with Crippen molar-refractivity contribution in [3.63, 3.8) is 0 Å². The van der Waals surface area contributed by atoms with E-state index in [2.05, 4.69) is 10.2 Å². The van der Waals surface area contributed by atoms with Crippen molar-refractivity contribution in [1.82, 2.24) is 5.32 Å². The predicted molar refractivity (Wildman–Crippen MR) is 78.6 cm³/mol. The Bertz CT molecular complexity index is 421. The first kappa shape index (κ1) is 15.3. The number of nitrogens with zero attached hydrogens (tertiary/aromatic N) is 1. The lowest BCUT2D eigenvalue weighted by Crippen LogP contribution is -2.28. The molecule has 0 aromatic heterocycles. The maximum atomic E-state index is 11.8. The molecule has 1 aromatic carbocycles. The molecule has 0 heterocycles. The highest BCUT2D eigenvalue weighted by molar-refractivity contribution is 5.96. The number of hydrogen-bond acceptors (Lipinski definition) is 4. The van der Waals surface area contributed by atoms with Gasteiger partial charge in [0.15, 0.2) is 0 Å². The van der Waals surface area contributed by atoms with E-state index in [0.717, 1.165) is 18.8 Å². The fourth-order valence-corrected chi connectivity index (χ4v) is 1.87. The highest BCUT2D eigenvalue weighted by Crippen LogP contribution is 2.24. The molecular formula is C14H23N3O2. The number of amides is 1. The standard InChI is InChI=1S/C14H23N3O2/c1-4-16-14(18)11-6-7-12(15)13(10-11)17(5-2)8-9-19-3/h6-7,10H,4-5,8-9,15H2,1-3H3,(H,16,18). The molecule has 0 aliphatic heterocycles. The van der Waals surface area contributed by atoms with Crippen LogP contribution in [0.2, 0.25) is 0 Å². The third-order valence-corrected chi connectivity index (χ3v) is 2.92. The molecule has 0 saturated carbocycles. The number of benzene rings is 1. The van der Waals surface area contributed by atoms with E-state index in [0.29, 0.717) is 24.4 Å². The average Bonchev–Trinajstić information content (AvgIpc) is 2.41. The van der Waals surface area contributed by atoms with Gasteiger partial charge in [0.05, 0.1) is 18.0 Å². The molecule has 0 spiro atoms. The van der Waals surface area contributed by atoms with Gasteiger partial charge in [0.2, 0.25) is 0 Å². The molecular weight excluding hydrogens is 242 g/mol. The zero-order chi connectivity index (χ0) is 14.3. The minimum Gasteiger partial charge on any atom is -0.397 e. The van der Waals surface area contributed by atoms with Crippen LogP contribution in [-0.2, 0) is 4.74 Å². The maximum Gasteiger partial charge on any atom is 0.251 e. The summed E-state index contributed by atoms with van der Waals surface area (Å²) in [5, 5.41) is 2.79. The van der Waals surface area contributed by atoms with Crippen LogP contribution in [0, 0.1) is 0 Å². The first-order valence-electron chi connectivity index (χ1n) is 6.55. The molecule has 0 aliphatic carbocycles. The van der Waals surface area contributed by atoms with Crippen molar-refractivity contribution in [2.75, 3.05) is 44.0 Å². The Hall–Kier alpha value is -1.75. The molecule has 1 amide bonds. The molecule has 3 N–H and O–H groups in total. The van der Waals surface area contributed by atoms with Crippen LogP contribution in [-0.4, -0.2) is 39.3 Å². The van der Waals surface area contributed by atoms with E-state index in [1.807, 2.05) is 19.9 Å². The first-order chi connectivity index (χ1) is 9.13. The smallest absolute Gasteiger partial charge is 0.251 e. The second-order valence-corrected chi connectivity index (χ2v) is 4.21. The normalized spacial score (nSPS) is 10.3. The Morgan fingerprint density at radius 1 is 1.42 bits per heavy atom. The molecule has 106 valence electrons. The van der Waals surface area contributed by atoms with Crippen LogP contribution in [0.1, 0.15) is 24.2 Å². The molecule has 0 atom stereocenters. The number of ether oxygens (including phenoxy) is 1. The molecule has 0 saturated heterocycles. The summed E-state index contributed by atoms with van der Waals surface area (Å²) < 4.78 is 5.09. The molecule has 0 bridgehead atoms. The van der Waals surface area contributed by atoms with E-state index in [9.17, 15) is 4.79 Å². The van der Waals surface area contributed by atoms with Gasteiger partial charge in [-0.25, -0.2) is 0 Å². The zero-order valence-electron chi connectivity index (χ0n) is 11.9. The summed E-state index contributed by atoms with van der Waals surface area (Å²) in [4.78, 5) is 13.9. The molecule has 5 nitrogen and oxygen atoms in total. The summed E-state index contributed by atoms with van der Waals surface area (Å²) >= 11 is 0. The number of anilines is 2. The van der Waals surface area contributed by atoms with Gasteiger partial charge in [-0.2, -0.15) is 0 Å². The number of nitrogens with two attached hydrogens (primary N) is 1. The van der Waals surface area contributed by atoms with Gasteiger partial charge in [0, 0.05) is 32.3 Å². The van der Waals surface area contributed by atoms with Gasteiger partial charge >= 0.3 is 0 Å². The quantitative estimate of drug-likeness (QED) is 0.733. The molecule has 1 rings (SSSR count). The van der Waals surface area contributed by atoms with Crippen molar-refractivity contribution in [3.05, 3.63) is 23.8 Å². The van der Waals surface area contributed by atoms with E-state index in [4.69, 9.17) is 10.5 Å². The zero-order valence-corrected chi connectivity index (χ0v) is 11.9. The fraction of sp³-hybridized carbons (Fsp3) is 0.500. The minimum absolute atomic E-state index is 0.0773. The number of hydrogen-bond donors (Lipinski definition) is 2. The minimum atomic E-state index is -0.0773. The van der Waals surface area contributed by atoms with E-state index in [-0.39, 0.29) is 5.91 Å². The lowest BCUT2D eigenvalue weighted by Gasteiger charge is -2.24. The van der Waals surface area contributed by atoms with E-state index < -0.39 is 0 Å². The number of likely N-dealkylation sites (N-methyl/N-ethyl adjacent to an activating group) is 1. The molecule has 1 aromatic rings. The topological polar surface area (TPSA) is 67.6 Å². The van der Waals surface area contributed by atoms with Crippen LogP contribution in [0.4, 0.5) is 11.4 Å². The van der Waals surface area contributed by atoms with Crippen molar-refractivity contribution in [1.29, 1.82) is 0 Å². The van der Waals surface area contributed by atoms with Gasteiger partial charge in [0.1, 0.15) is 0 Å². The monoisotopic (exact) mass is 265 g/mol. The maximum absolute atomic E-state index is 11.8. The summed E-state index contributed by atoms with van der Waals surface area (Å²) in [7, 11) is 1.67. The number of nitrogens with one attached hydrogen (secondary N) is 1. The van der Waals surface area contributed by atoms with Crippen molar-refractivity contribution in [3.8, 4) is 0 Å². The summed E-state index contributed by atoms with van der Waals surface area (Å²) in [6.07, 6.45) is 0. The van der Waals surface area contributed by atoms with E-state index in [1.165, 1.54) is 0 Å². The summed E-state index contributed by atoms with van der Waals surface area (Å²) in [5.41, 5.74) is 8.17. The van der Waals surface area contributed by atoms with Gasteiger partial charge in [-0.05, 0) is 32.0 Å². The number of rotatable bonds is 7. The lowest BCUT2D eigenvalue weighted by atomic mass is 10.1. The Kier molecular flexibility index (Phi) is 6.15. The van der Waals surface area contributed by atoms with E-state index >= 15 is 0 Å². The lowest BCUT2D eigenvalue weighted by molar-refractivity contribution is 0.0956. The highest BCUT2D eigenvalue weighted by atomic mass is 16.5. The Morgan fingerprint density at radius 2 is 2.16 bits per heavy atom. The molecule has 5 heteroatoms. The van der Waals surface area contributed by atoms with Gasteiger partial charge in [-0.15, -0.1) is 0 Å². The van der Waals surface area contributed by atoms with Crippen LogP contribution in [0.3, 0.4) is 0 Å². The van der Waals surface area contributed by atoms with Gasteiger partial charge in [-0.3, -0.25) is 4.79 Å². The van der Waals surface area contributed by atoms with Crippen LogP contribution < -0.4 is 16.0 Å². The average molecular weight is 265 g/mol. The highest BCUT2D eigenvalue weighted by Gasteiger charge is 2.12.